The van der Waals surface area contributed by atoms with Crippen molar-refractivity contribution >= 4 is 35.2 Å². The lowest BCUT2D eigenvalue weighted by Gasteiger charge is -2.07. The lowest BCUT2D eigenvalue weighted by atomic mass is 10.1. The number of amides is 1. The van der Waals surface area contributed by atoms with Gasteiger partial charge in [0, 0.05) is 11.1 Å². The number of anilines is 1. The number of halogens is 1. The van der Waals surface area contributed by atoms with Crippen LogP contribution in [0.5, 0.6) is 5.75 Å². The predicted octanol–water partition coefficient (Wildman–Crippen LogP) is 3.32. The van der Waals surface area contributed by atoms with Crippen LogP contribution in [0.4, 0.5) is 5.69 Å². The lowest BCUT2D eigenvalue weighted by Crippen LogP contribution is -2.09. The van der Waals surface area contributed by atoms with Gasteiger partial charge in [-0.3, -0.25) is 9.59 Å². The molecule has 118 valence electrons. The van der Waals surface area contributed by atoms with Crippen LogP contribution in [0.1, 0.15) is 11.1 Å². The van der Waals surface area contributed by atoms with Gasteiger partial charge < -0.3 is 15.5 Å². The maximum absolute atomic E-state index is 11.9. The minimum atomic E-state index is -0.990. The fraction of sp³-hybridized carbons (Fsp3) is 0.0588. The first kappa shape index (κ1) is 16.6. The van der Waals surface area contributed by atoms with E-state index in [4.69, 9.17) is 16.7 Å². The number of nitrogens with one attached hydrogen (secondary N) is 1. The van der Waals surface area contributed by atoms with E-state index < -0.39 is 11.9 Å². The molecule has 0 saturated heterocycles. The van der Waals surface area contributed by atoms with E-state index in [1.807, 2.05) is 0 Å². The number of phenolic OH excluding ortho intramolecular Hbond substituents is 1. The molecule has 6 heteroatoms. The fourth-order valence-electron chi connectivity index (χ4n) is 1.89. The van der Waals surface area contributed by atoms with Crippen LogP contribution >= 0.6 is 11.6 Å². The summed E-state index contributed by atoms with van der Waals surface area (Å²) in [7, 11) is 0. The average molecular weight is 332 g/mol. The predicted molar refractivity (Wildman–Crippen MR) is 88.6 cm³/mol. The quantitative estimate of drug-likeness (QED) is 0.579. The highest BCUT2D eigenvalue weighted by molar-refractivity contribution is 6.30. The van der Waals surface area contributed by atoms with Crippen LogP contribution in [-0.2, 0) is 16.0 Å². The minimum absolute atomic E-state index is 0.132. The van der Waals surface area contributed by atoms with Crippen LogP contribution in [0.25, 0.3) is 6.08 Å². The molecule has 0 unspecified atom stereocenters. The Hall–Kier alpha value is -2.79. The molecule has 0 radical (unpaired) electrons. The molecule has 0 fully saturated rings. The summed E-state index contributed by atoms with van der Waals surface area (Å²) in [5.41, 5.74) is 1.44. The van der Waals surface area contributed by atoms with Gasteiger partial charge in [-0.15, -0.1) is 0 Å². The van der Waals surface area contributed by atoms with E-state index in [1.54, 1.807) is 30.3 Å². The summed E-state index contributed by atoms with van der Waals surface area (Å²) in [6.45, 7) is 0. The van der Waals surface area contributed by atoms with Gasteiger partial charge in [0.1, 0.15) is 5.75 Å². The van der Waals surface area contributed by atoms with E-state index >= 15 is 0 Å². The van der Waals surface area contributed by atoms with Crippen molar-refractivity contribution in [1.29, 1.82) is 0 Å². The van der Waals surface area contributed by atoms with E-state index in [9.17, 15) is 14.7 Å². The molecule has 5 nitrogen and oxygen atoms in total. The van der Waals surface area contributed by atoms with Crippen molar-refractivity contribution in [2.75, 3.05) is 5.32 Å². The molecule has 0 bridgehead atoms. The van der Waals surface area contributed by atoms with Crippen molar-refractivity contribution < 1.29 is 19.8 Å². The third-order valence-corrected chi connectivity index (χ3v) is 3.22. The Balaban J connectivity index is 2.07. The van der Waals surface area contributed by atoms with Gasteiger partial charge in [-0.2, -0.15) is 0 Å². The smallest absolute Gasteiger partial charge is 0.307 e. The van der Waals surface area contributed by atoms with Gasteiger partial charge in [0.15, 0.2) is 0 Å². The number of carbonyl (C=O) groups is 2. The molecule has 23 heavy (non-hydrogen) atoms. The third kappa shape index (κ3) is 5.16. The Bertz CT molecular complexity index is 754. The van der Waals surface area contributed by atoms with Crippen molar-refractivity contribution in [3.63, 3.8) is 0 Å². The summed E-state index contributed by atoms with van der Waals surface area (Å²) in [5, 5.41) is 21.6. The van der Waals surface area contributed by atoms with Crippen molar-refractivity contribution in [2.45, 2.75) is 6.42 Å². The van der Waals surface area contributed by atoms with Gasteiger partial charge in [0.25, 0.3) is 0 Å². The van der Waals surface area contributed by atoms with E-state index in [2.05, 4.69) is 5.32 Å². The summed E-state index contributed by atoms with van der Waals surface area (Å²) in [4.78, 5) is 22.6. The van der Waals surface area contributed by atoms with Gasteiger partial charge in [-0.1, -0.05) is 29.8 Å². The lowest BCUT2D eigenvalue weighted by molar-refractivity contribution is -0.136. The molecule has 1 amide bonds. The fourth-order valence-corrected chi connectivity index (χ4v) is 2.01. The summed E-state index contributed by atoms with van der Waals surface area (Å²) in [5.74, 6) is -1.56. The number of carbonyl (C=O) groups excluding carboxylic acids is 1. The molecule has 0 heterocycles. The number of carboxylic acid groups (broad SMARTS) is 1. The van der Waals surface area contributed by atoms with Crippen molar-refractivity contribution in [3.05, 3.63) is 64.7 Å². The molecule has 0 aliphatic heterocycles. The number of benzene rings is 2. The molecule has 2 aromatic rings. The first-order valence-electron chi connectivity index (χ1n) is 6.72. The normalized spacial score (nSPS) is 10.7. The highest BCUT2D eigenvalue weighted by atomic mass is 35.5. The van der Waals surface area contributed by atoms with Crippen LogP contribution in [-0.4, -0.2) is 22.1 Å². The second kappa shape index (κ2) is 7.47. The second-order valence-electron chi connectivity index (χ2n) is 4.80. The summed E-state index contributed by atoms with van der Waals surface area (Å²) in [6.07, 6.45) is 2.72. The largest absolute Gasteiger partial charge is 0.506 e. The van der Waals surface area contributed by atoms with E-state index in [0.717, 1.165) is 5.56 Å². The van der Waals surface area contributed by atoms with Crippen LogP contribution < -0.4 is 5.32 Å². The molecule has 0 spiro atoms. The maximum Gasteiger partial charge on any atom is 0.307 e. The Labute approximate surface area is 137 Å². The molecule has 2 rings (SSSR count). The number of hydrogen-bond acceptors (Lipinski definition) is 3. The Morgan fingerprint density at radius 3 is 2.48 bits per heavy atom. The van der Waals surface area contributed by atoms with Crippen molar-refractivity contribution in [2.24, 2.45) is 0 Å². The highest BCUT2D eigenvalue weighted by Crippen LogP contribution is 2.24. The molecule has 3 N–H and O–H groups in total. The third-order valence-electron chi connectivity index (χ3n) is 2.97. The molecular weight excluding hydrogens is 318 g/mol. The molecule has 0 aliphatic rings. The van der Waals surface area contributed by atoms with Gasteiger partial charge in [-0.25, -0.2) is 0 Å². The van der Waals surface area contributed by atoms with Gasteiger partial charge in [-0.05, 0) is 41.5 Å². The summed E-state index contributed by atoms with van der Waals surface area (Å²) < 4.78 is 0. The molecular formula is C17H14ClNO4. The number of hydrogen-bond donors (Lipinski definition) is 3. The van der Waals surface area contributed by atoms with Crippen molar-refractivity contribution in [3.8, 4) is 5.75 Å². The monoisotopic (exact) mass is 331 g/mol. The Kier molecular flexibility index (Phi) is 5.38. The van der Waals surface area contributed by atoms with Crippen LogP contribution in [0, 0.1) is 0 Å². The molecule has 0 saturated carbocycles. The van der Waals surface area contributed by atoms with E-state index in [-0.39, 0.29) is 17.9 Å². The number of phenols is 1. The van der Waals surface area contributed by atoms with Gasteiger partial charge in [0.05, 0.1) is 12.1 Å². The maximum atomic E-state index is 11.9. The van der Waals surface area contributed by atoms with E-state index in [1.165, 1.54) is 24.3 Å². The number of rotatable bonds is 5. The molecule has 2 aromatic carbocycles. The number of aromatic hydroxyl groups is 1. The zero-order valence-corrected chi connectivity index (χ0v) is 12.7. The Morgan fingerprint density at radius 2 is 1.83 bits per heavy atom. The standard InChI is InChI=1S/C17H14ClNO4/c18-13-5-1-11(2-6-13)4-8-16(21)19-14-9-12(10-17(22)23)3-7-15(14)20/h1-9,20H,10H2,(H,19,21)(H,22,23)/b8-4+. The van der Waals surface area contributed by atoms with Crippen molar-refractivity contribution in [1.82, 2.24) is 0 Å². The van der Waals surface area contributed by atoms with Crippen LogP contribution in [0.2, 0.25) is 5.02 Å². The van der Waals surface area contributed by atoms with Gasteiger partial charge >= 0.3 is 5.97 Å². The van der Waals surface area contributed by atoms with E-state index in [0.29, 0.717) is 10.6 Å². The first-order valence-corrected chi connectivity index (χ1v) is 7.10. The van der Waals surface area contributed by atoms with Crippen LogP contribution in [0.15, 0.2) is 48.5 Å². The molecule has 0 aromatic heterocycles. The summed E-state index contributed by atoms with van der Waals surface area (Å²) >= 11 is 5.78. The summed E-state index contributed by atoms with van der Waals surface area (Å²) in [6, 6.07) is 11.2. The number of carboxylic acids is 1. The first-order chi connectivity index (χ1) is 10.9. The topological polar surface area (TPSA) is 86.6 Å². The van der Waals surface area contributed by atoms with Gasteiger partial charge in [0.2, 0.25) is 5.91 Å². The Morgan fingerprint density at radius 1 is 1.13 bits per heavy atom. The number of aliphatic carboxylic acids is 1. The molecule has 0 atom stereocenters. The SMILES string of the molecule is O=C(O)Cc1ccc(O)c(NC(=O)/C=C/c2ccc(Cl)cc2)c1. The molecule has 0 aliphatic carbocycles. The minimum Gasteiger partial charge on any atom is -0.506 e. The average Bonchev–Trinajstić information content (AvgIpc) is 2.49. The highest BCUT2D eigenvalue weighted by Gasteiger charge is 2.07. The zero-order valence-electron chi connectivity index (χ0n) is 12.0. The van der Waals surface area contributed by atoms with Crippen LogP contribution in [0.3, 0.4) is 0 Å². The zero-order chi connectivity index (χ0) is 16.8. The second-order valence-corrected chi connectivity index (χ2v) is 5.23.